The first-order valence-electron chi connectivity index (χ1n) is 7.74. The predicted molar refractivity (Wildman–Crippen MR) is 85.1 cm³/mol. The van der Waals surface area contributed by atoms with E-state index in [1.54, 1.807) is 0 Å². The van der Waals surface area contributed by atoms with Crippen molar-refractivity contribution in [1.82, 2.24) is 20.2 Å². The molecule has 0 unspecified atom stereocenters. The second-order valence-electron chi connectivity index (χ2n) is 5.92. The minimum Gasteiger partial charge on any atom is -0.197 e. The van der Waals surface area contributed by atoms with Crippen LogP contribution in [0, 0.1) is 6.92 Å². The minimum atomic E-state index is 0.828. The second-order valence-corrected chi connectivity index (χ2v) is 5.92. The third kappa shape index (κ3) is 2.41. The third-order valence-corrected chi connectivity index (χ3v) is 4.41. The fourth-order valence-electron chi connectivity index (χ4n) is 3.07. The molecule has 22 heavy (non-hydrogen) atoms. The minimum absolute atomic E-state index is 0.828. The van der Waals surface area contributed by atoms with Crippen molar-refractivity contribution in [1.29, 1.82) is 0 Å². The summed E-state index contributed by atoms with van der Waals surface area (Å²) in [6.07, 6.45) is 4.13. The van der Waals surface area contributed by atoms with Gasteiger partial charge in [0.25, 0.3) is 0 Å². The number of benzene rings is 2. The van der Waals surface area contributed by atoms with E-state index in [4.69, 9.17) is 0 Å². The maximum absolute atomic E-state index is 4.15. The summed E-state index contributed by atoms with van der Waals surface area (Å²) in [5.41, 5.74) is 6.53. The van der Waals surface area contributed by atoms with Crippen LogP contribution in [0.1, 0.15) is 28.1 Å². The summed E-state index contributed by atoms with van der Waals surface area (Å²) in [5.74, 6) is 0.828. The molecule has 4 aliphatic carbocycles. The lowest BCUT2D eigenvalue weighted by Gasteiger charge is -2.14. The van der Waals surface area contributed by atoms with Crippen molar-refractivity contribution < 1.29 is 0 Å². The van der Waals surface area contributed by atoms with Crippen molar-refractivity contribution >= 4 is 0 Å². The van der Waals surface area contributed by atoms with Gasteiger partial charge in [0.1, 0.15) is 0 Å². The lowest BCUT2D eigenvalue weighted by atomic mass is 9.95. The van der Waals surface area contributed by atoms with Gasteiger partial charge < -0.3 is 0 Å². The molecule has 0 N–H and O–H groups in total. The Kier molecular flexibility index (Phi) is 3.22. The average Bonchev–Trinajstić information content (AvgIpc) is 2.96. The highest BCUT2D eigenvalue weighted by Gasteiger charge is 2.12. The number of hydrogen-bond donors (Lipinski definition) is 0. The molecule has 0 radical (unpaired) electrons. The number of hydrogen-bond acceptors (Lipinski definition) is 3. The average molecular weight is 290 g/mol. The molecular formula is C18H18N4. The van der Waals surface area contributed by atoms with Crippen LogP contribution in [-0.4, -0.2) is 20.2 Å². The zero-order valence-corrected chi connectivity index (χ0v) is 12.7. The van der Waals surface area contributed by atoms with Gasteiger partial charge in [0.15, 0.2) is 5.82 Å². The van der Waals surface area contributed by atoms with Gasteiger partial charge in [0.2, 0.25) is 0 Å². The van der Waals surface area contributed by atoms with Crippen molar-refractivity contribution in [2.24, 2.45) is 0 Å². The molecule has 0 saturated carbocycles. The van der Waals surface area contributed by atoms with Crippen molar-refractivity contribution in [3.63, 3.8) is 0 Å². The normalized spacial score (nSPS) is 13.9. The molecule has 7 rings (SSSR count). The molecule has 0 saturated heterocycles. The Balaban J connectivity index is 1.81. The molecule has 0 atom stereocenters. The monoisotopic (exact) mass is 290 g/mol. The molecule has 2 aromatic carbocycles. The van der Waals surface area contributed by atoms with Gasteiger partial charge in [0, 0.05) is 0 Å². The van der Waals surface area contributed by atoms with E-state index >= 15 is 0 Å². The highest BCUT2D eigenvalue weighted by molar-refractivity contribution is 5.45. The van der Waals surface area contributed by atoms with E-state index in [9.17, 15) is 0 Å². The first kappa shape index (κ1) is 13.2. The second kappa shape index (κ2) is 5.37. The smallest absolute Gasteiger partial charge is 0.153 e. The zero-order valence-electron chi connectivity index (χ0n) is 12.7. The number of nitrogens with zero attached hydrogens (tertiary/aromatic N) is 4. The van der Waals surface area contributed by atoms with E-state index in [2.05, 4.69) is 58.0 Å². The van der Waals surface area contributed by atoms with E-state index in [0.29, 0.717) is 0 Å². The lowest BCUT2D eigenvalue weighted by Crippen LogP contribution is -2.07. The van der Waals surface area contributed by atoms with Crippen LogP contribution in [-0.2, 0) is 25.7 Å². The zero-order chi connectivity index (χ0) is 14.9. The van der Waals surface area contributed by atoms with E-state index < -0.39 is 0 Å². The Morgan fingerprint density at radius 2 is 1.45 bits per heavy atom. The van der Waals surface area contributed by atoms with E-state index in [-0.39, 0.29) is 0 Å². The number of aromatic nitrogens is 4. The summed E-state index contributed by atoms with van der Waals surface area (Å²) in [6, 6.07) is 15.8. The maximum atomic E-state index is 4.15. The molecule has 4 heteroatoms. The van der Waals surface area contributed by atoms with Crippen molar-refractivity contribution in [3.8, 4) is 5.69 Å². The maximum Gasteiger partial charge on any atom is 0.153 e. The van der Waals surface area contributed by atoms with Crippen LogP contribution in [0.4, 0.5) is 0 Å². The number of aryl methyl sites for hydroxylation is 5. The highest BCUT2D eigenvalue weighted by Crippen LogP contribution is 2.22. The summed E-state index contributed by atoms with van der Waals surface area (Å²) in [4.78, 5) is 0. The first-order chi connectivity index (χ1) is 10.8. The molecule has 0 fully saturated rings. The predicted octanol–water partition coefficient (Wildman–Crippen LogP) is 2.85. The van der Waals surface area contributed by atoms with Crippen LogP contribution in [0.25, 0.3) is 5.69 Å². The van der Waals surface area contributed by atoms with Crippen LogP contribution in [0.15, 0.2) is 42.5 Å². The van der Waals surface area contributed by atoms with Gasteiger partial charge in [-0.25, -0.2) is 0 Å². The van der Waals surface area contributed by atoms with Crippen molar-refractivity contribution in [3.05, 3.63) is 70.5 Å². The third-order valence-electron chi connectivity index (χ3n) is 4.41. The van der Waals surface area contributed by atoms with Gasteiger partial charge in [-0.05, 0) is 71.4 Å². The van der Waals surface area contributed by atoms with Gasteiger partial charge >= 0.3 is 0 Å². The Morgan fingerprint density at radius 1 is 0.818 bits per heavy atom. The first-order valence-corrected chi connectivity index (χ1v) is 7.74. The molecule has 1 aromatic heterocycles. The SMILES string of the molecule is Cc1nnnn1-c1cc2ccc1CCc1ccc(cc1)CC2. The van der Waals surface area contributed by atoms with Crippen LogP contribution in [0.3, 0.4) is 0 Å². The van der Waals surface area contributed by atoms with E-state index in [1.807, 2.05) is 11.6 Å². The Bertz CT molecular complexity index is 802. The lowest BCUT2D eigenvalue weighted by molar-refractivity contribution is 0.764. The fourth-order valence-corrected chi connectivity index (χ4v) is 3.07. The van der Waals surface area contributed by atoms with Crippen LogP contribution < -0.4 is 0 Å². The summed E-state index contributed by atoms with van der Waals surface area (Å²) >= 11 is 0. The molecule has 0 aliphatic heterocycles. The standard InChI is InChI=1S/C18H18N4/c1-13-19-20-21-22(13)18-12-16-7-6-14-2-4-15(5-3-14)8-10-17(18)11-9-16/h2-5,9,11-12H,6-8,10H2,1H3. The van der Waals surface area contributed by atoms with Gasteiger partial charge in [-0.1, -0.05) is 36.4 Å². The van der Waals surface area contributed by atoms with Crippen LogP contribution in [0.5, 0.6) is 0 Å². The van der Waals surface area contributed by atoms with Gasteiger partial charge in [0.05, 0.1) is 5.69 Å². The van der Waals surface area contributed by atoms with E-state index in [1.165, 1.54) is 22.3 Å². The number of rotatable bonds is 1. The molecule has 4 aliphatic rings. The molecule has 0 amide bonds. The topological polar surface area (TPSA) is 43.6 Å². The highest BCUT2D eigenvalue weighted by atomic mass is 15.5. The molecule has 4 nitrogen and oxygen atoms in total. The molecule has 0 spiro atoms. The van der Waals surface area contributed by atoms with E-state index in [0.717, 1.165) is 37.2 Å². The quantitative estimate of drug-likeness (QED) is 0.692. The van der Waals surface area contributed by atoms with Crippen LogP contribution >= 0.6 is 0 Å². The Morgan fingerprint density at radius 3 is 2.14 bits per heavy atom. The summed E-state index contributed by atoms with van der Waals surface area (Å²) in [6.45, 7) is 1.94. The van der Waals surface area contributed by atoms with Crippen LogP contribution in [0.2, 0.25) is 0 Å². The summed E-state index contributed by atoms with van der Waals surface area (Å²) in [5, 5.41) is 12.0. The summed E-state index contributed by atoms with van der Waals surface area (Å²) < 4.78 is 1.85. The van der Waals surface area contributed by atoms with Crippen molar-refractivity contribution in [2.75, 3.05) is 0 Å². The van der Waals surface area contributed by atoms with Crippen molar-refractivity contribution in [2.45, 2.75) is 32.6 Å². The summed E-state index contributed by atoms with van der Waals surface area (Å²) in [7, 11) is 0. The van der Waals surface area contributed by atoms with Gasteiger partial charge in [-0.3, -0.25) is 0 Å². The van der Waals surface area contributed by atoms with Gasteiger partial charge in [-0.15, -0.1) is 5.10 Å². The molecule has 1 heterocycles. The number of tetrazole rings is 1. The molecular weight excluding hydrogens is 272 g/mol. The largest absolute Gasteiger partial charge is 0.197 e. The fraction of sp³-hybridized carbons (Fsp3) is 0.278. The Hall–Kier alpha value is -2.49. The molecule has 110 valence electrons. The van der Waals surface area contributed by atoms with Gasteiger partial charge in [-0.2, -0.15) is 4.68 Å². The molecule has 3 aromatic rings. The molecule has 4 bridgehead atoms. The Labute approximate surface area is 129 Å².